The summed E-state index contributed by atoms with van der Waals surface area (Å²) in [6, 6.07) is 3.59. The number of aryl methyl sites for hydroxylation is 1. The van der Waals surface area contributed by atoms with E-state index >= 15 is 0 Å². The van der Waals surface area contributed by atoms with Crippen LogP contribution in [-0.4, -0.2) is 23.2 Å². The summed E-state index contributed by atoms with van der Waals surface area (Å²) in [5, 5.41) is 8.75. The fraction of sp³-hybridized carbons (Fsp3) is 0.400. The molecule has 1 N–H and O–H groups in total. The standard InChI is InChI=1S/C10H13NO3/c1-14-10(13)5-3-8-2-4-9(7-12)11-6-8/h2,4,6,12H,3,5,7H2,1H3. The Labute approximate surface area is 82.5 Å². The van der Waals surface area contributed by atoms with Gasteiger partial charge in [0.05, 0.1) is 19.4 Å². The lowest BCUT2D eigenvalue weighted by Gasteiger charge is -2.00. The normalized spacial score (nSPS) is 9.86. The molecule has 1 heterocycles. The second-order valence-corrected chi connectivity index (χ2v) is 2.89. The summed E-state index contributed by atoms with van der Waals surface area (Å²) >= 11 is 0. The van der Waals surface area contributed by atoms with Gasteiger partial charge in [-0.2, -0.15) is 0 Å². The van der Waals surface area contributed by atoms with Gasteiger partial charge in [-0.1, -0.05) is 6.07 Å². The summed E-state index contributed by atoms with van der Waals surface area (Å²) in [5.74, 6) is -0.226. The fourth-order valence-electron chi connectivity index (χ4n) is 1.04. The third-order valence-electron chi connectivity index (χ3n) is 1.89. The highest BCUT2D eigenvalue weighted by atomic mass is 16.5. The van der Waals surface area contributed by atoms with Crippen molar-refractivity contribution >= 4 is 5.97 Å². The molecule has 0 radical (unpaired) electrons. The van der Waals surface area contributed by atoms with Crippen molar-refractivity contribution in [2.75, 3.05) is 7.11 Å². The van der Waals surface area contributed by atoms with Gasteiger partial charge in [0.1, 0.15) is 0 Å². The summed E-state index contributed by atoms with van der Waals surface area (Å²) in [5.41, 5.74) is 1.60. The van der Waals surface area contributed by atoms with Gasteiger partial charge in [0.25, 0.3) is 0 Å². The van der Waals surface area contributed by atoms with Crippen LogP contribution in [0.25, 0.3) is 0 Å². The molecule has 14 heavy (non-hydrogen) atoms. The fourth-order valence-corrected chi connectivity index (χ4v) is 1.04. The minimum Gasteiger partial charge on any atom is -0.469 e. The number of nitrogens with zero attached hydrogens (tertiary/aromatic N) is 1. The SMILES string of the molecule is COC(=O)CCc1ccc(CO)nc1. The zero-order chi connectivity index (χ0) is 10.4. The van der Waals surface area contributed by atoms with Crippen molar-refractivity contribution in [1.29, 1.82) is 0 Å². The smallest absolute Gasteiger partial charge is 0.305 e. The summed E-state index contributed by atoms with van der Waals surface area (Å²) < 4.78 is 4.52. The van der Waals surface area contributed by atoms with Crippen LogP contribution in [0.4, 0.5) is 0 Å². The minimum absolute atomic E-state index is 0.0583. The average molecular weight is 195 g/mol. The monoisotopic (exact) mass is 195 g/mol. The van der Waals surface area contributed by atoms with Gasteiger partial charge in [0.2, 0.25) is 0 Å². The van der Waals surface area contributed by atoms with Gasteiger partial charge in [-0.3, -0.25) is 9.78 Å². The summed E-state index contributed by atoms with van der Waals surface area (Å²) in [4.78, 5) is 14.8. The predicted molar refractivity (Wildman–Crippen MR) is 50.5 cm³/mol. The molecule has 4 heteroatoms. The lowest BCUT2D eigenvalue weighted by molar-refractivity contribution is -0.140. The molecule has 1 aromatic rings. The van der Waals surface area contributed by atoms with Crippen LogP contribution in [0, 0.1) is 0 Å². The first kappa shape index (κ1) is 10.7. The van der Waals surface area contributed by atoms with Crippen molar-refractivity contribution in [2.45, 2.75) is 19.4 Å². The van der Waals surface area contributed by atoms with Crippen LogP contribution in [0.15, 0.2) is 18.3 Å². The highest BCUT2D eigenvalue weighted by Gasteiger charge is 2.01. The number of rotatable bonds is 4. The third-order valence-corrected chi connectivity index (χ3v) is 1.89. The molecule has 0 atom stereocenters. The number of hydrogen-bond donors (Lipinski definition) is 1. The lowest BCUT2D eigenvalue weighted by atomic mass is 10.1. The van der Waals surface area contributed by atoms with Crippen LogP contribution < -0.4 is 0 Å². The van der Waals surface area contributed by atoms with Gasteiger partial charge in [-0.15, -0.1) is 0 Å². The van der Waals surface area contributed by atoms with Gasteiger partial charge >= 0.3 is 5.97 Å². The summed E-state index contributed by atoms with van der Waals surface area (Å²) in [6.07, 6.45) is 2.64. The Kier molecular flexibility index (Phi) is 4.07. The maximum absolute atomic E-state index is 10.8. The average Bonchev–Trinajstić information content (AvgIpc) is 2.26. The highest BCUT2D eigenvalue weighted by Crippen LogP contribution is 2.03. The Morgan fingerprint density at radius 3 is 2.86 bits per heavy atom. The Balaban J connectivity index is 2.47. The molecule has 0 fully saturated rings. The number of methoxy groups -OCH3 is 1. The Bertz CT molecular complexity index is 295. The van der Waals surface area contributed by atoms with Crippen molar-refractivity contribution in [3.05, 3.63) is 29.6 Å². The van der Waals surface area contributed by atoms with Crippen molar-refractivity contribution in [1.82, 2.24) is 4.98 Å². The molecule has 0 spiro atoms. The lowest BCUT2D eigenvalue weighted by Crippen LogP contribution is -2.02. The second-order valence-electron chi connectivity index (χ2n) is 2.89. The maximum atomic E-state index is 10.8. The maximum Gasteiger partial charge on any atom is 0.305 e. The van der Waals surface area contributed by atoms with Gasteiger partial charge in [0, 0.05) is 12.6 Å². The van der Waals surface area contributed by atoms with Crippen LogP contribution in [0.2, 0.25) is 0 Å². The van der Waals surface area contributed by atoms with Crippen LogP contribution in [0.1, 0.15) is 17.7 Å². The molecule has 0 aliphatic heterocycles. The molecule has 0 amide bonds. The molecule has 0 unspecified atom stereocenters. The van der Waals surface area contributed by atoms with Gasteiger partial charge in [-0.05, 0) is 18.1 Å². The summed E-state index contributed by atoms with van der Waals surface area (Å²) in [7, 11) is 1.37. The second kappa shape index (κ2) is 5.34. The van der Waals surface area contributed by atoms with E-state index in [1.54, 1.807) is 12.3 Å². The molecule has 0 aromatic carbocycles. The first-order valence-corrected chi connectivity index (χ1v) is 4.37. The van der Waals surface area contributed by atoms with E-state index in [0.29, 0.717) is 18.5 Å². The quantitative estimate of drug-likeness (QED) is 0.718. The molecule has 0 aliphatic carbocycles. The number of aromatic nitrogens is 1. The molecule has 1 rings (SSSR count). The molecule has 0 bridgehead atoms. The van der Waals surface area contributed by atoms with Crippen molar-refractivity contribution in [3.8, 4) is 0 Å². The molecule has 76 valence electrons. The third kappa shape index (κ3) is 3.14. The van der Waals surface area contributed by atoms with Crippen molar-refractivity contribution < 1.29 is 14.6 Å². The summed E-state index contributed by atoms with van der Waals surface area (Å²) in [6.45, 7) is -0.0583. The van der Waals surface area contributed by atoms with Crippen LogP contribution in [0.5, 0.6) is 0 Å². The number of carbonyl (C=O) groups is 1. The molecule has 0 aliphatic rings. The number of ether oxygens (including phenoxy) is 1. The van der Waals surface area contributed by atoms with E-state index in [0.717, 1.165) is 5.56 Å². The van der Waals surface area contributed by atoms with E-state index < -0.39 is 0 Å². The Morgan fingerprint density at radius 1 is 1.57 bits per heavy atom. The largest absolute Gasteiger partial charge is 0.469 e. The highest BCUT2D eigenvalue weighted by molar-refractivity contribution is 5.69. The number of carbonyl (C=O) groups excluding carboxylic acids is 1. The van der Waals surface area contributed by atoms with Gasteiger partial charge in [-0.25, -0.2) is 0 Å². The minimum atomic E-state index is -0.226. The zero-order valence-electron chi connectivity index (χ0n) is 8.06. The van der Waals surface area contributed by atoms with E-state index in [9.17, 15) is 4.79 Å². The van der Waals surface area contributed by atoms with Gasteiger partial charge < -0.3 is 9.84 Å². The van der Waals surface area contributed by atoms with Crippen molar-refractivity contribution in [3.63, 3.8) is 0 Å². The van der Waals surface area contributed by atoms with E-state index in [-0.39, 0.29) is 12.6 Å². The number of hydrogen-bond acceptors (Lipinski definition) is 4. The van der Waals surface area contributed by atoms with Crippen LogP contribution in [0.3, 0.4) is 0 Å². The Morgan fingerprint density at radius 2 is 2.36 bits per heavy atom. The van der Waals surface area contributed by atoms with E-state index in [1.165, 1.54) is 7.11 Å². The molecule has 4 nitrogen and oxygen atoms in total. The molecule has 0 saturated heterocycles. The van der Waals surface area contributed by atoms with E-state index in [1.807, 2.05) is 6.07 Å². The number of esters is 1. The number of aliphatic hydroxyl groups excluding tert-OH is 1. The van der Waals surface area contributed by atoms with Crippen molar-refractivity contribution in [2.24, 2.45) is 0 Å². The molecular formula is C10H13NO3. The number of aliphatic hydroxyl groups is 1. The van der Waals surface area contributed by atoms with Crippen LogP contribution in [-0.2, 0) is 22.6 Å². The first-order chi connectivity index (χ1) is 6.76. The zero-order valence-corrected chi connectivity index (χ0v) is 8.06. The van der Waals surface area contributed by atoms with Crippen LogP contribution >= 0.6 is 0 Å². The molecule has 0 saturated carbocycles. The molecule has 1 aromatic heterocycles. The first-order valence-electron chi connectivity index (χ1n) is 4.37. The van der Waals surface area contributed by atoms with E-state index in [2.05, 4.69) is 9.72 Å². The molecular weight excluding hydrogens is 182 g/mol. The predicted octanol–water partition coefficient (Wildman–Crippen LogP) is 0.679. The van der Waals surface area contributed by atoms with Gasteiger partial charge in [0.15, 0.2) is 0 Å². The van der Waals surface area contributed by atoms with E-state index in [4.69, 9.17) is 5.11 Å². The Hall–Kier alpha value is -1.42. The number of pyridine rings is 1. The topological polar surface area (TPSA) is 59.4 Å².